The van der Waals surface area contributed by atoms with Crippen molar-refractivity contribution in [3.63, 3.8) is 0 Å². The van der Waals surface area contributed by atoms with Crippen LogP contribution in [0, 0.1) is 11.3 Å². The van der Waals surface area contributed by atoms with Crippen LogP contribution in [0.4, 0.5) is 0 Å². The van der Waals surface area contributed by atoms with Gasteiger partial charge in [-0.2, -0.15) is 0 Å². The van der Waals surface area contributed by atoms with E-state index < -0.39 is 5.76 Å². The zero-order chi connectivity index (χ0) is 18.0. The van der Waals surface area contributed by atoms with Crippen molar-refractivity contribution in [3.05, 3.63) is 34.9 Å². The SMILES string of the molecule is CC(C)(C)C(=O)N1CCC(Cn2c(-c3ccccn3)noc2=O)CC1. The molecule has 7 heteroatoms. The minimum Gasteiger partial charge on any atom is -0.342 e. The molecule has 3 rings (SSSR count). The smallest absolute Gasteiger partial charge is 0.342 e. The fourth-order valence-electron chi connectivity index (χ4n) is 3.16. The highest BCUT2D eigenvalue weighted by molar-refractivity contribution is 5.81. The molecule has 2 aromatic heterocycles. The Bertz CT molecular complexity index is 781. The van der Waals surface area contributed by atoms with E-state index in [9.17, 15) is 9.59 Å². The molecule has 1 aliphatic heterocycles. The van der Waals surface area contributed by atoms with Gasteiger partial charge in [-0.15, -0.1) is 0 Å². The summed E-state index contributed by atoms with van der Waals surface area (Å²) in [6, 6.07) is 5.47. The van der Waals surface area contributed by atoms with E-state index in [1.807, 2.05) is 37.8 Å². The summed E-state index contributed by atoms with van der Waals surface area (Å²) in [5, 5.41) is 3.88. The molecular weight excluding hydrogens is 320 g/mol. The van der Waals surface area contributed by atoms with Gasteiger partial charge in [0.25, 0.3) is 0 Å². The van der Waals surface area contributed by atoms with E-state index in [4.69, 9.17) is 4.52 Å². The summed E-state index contributed by atoms with van der Waals surface area (Å²) in [4.78, 5) is 30.6. The van der Waals surface area contributed by atoms with E-state index in [1.54, 1.807) is 16.8 Å². The van der Waals surface area contributed by atoms with Gasteiger partial charge in [0.05, 0.1) is 0 Å². The fraction of sp³-hybridized carbons (Fsp3) is 0.556. The molecule has 25 heavy (non-hydrogen) atoms. The lowest BCUT2D eigenvalue weighted by atomic mass is 9.91. The summed E-state index contributed by atoms with van der Waals surface area (Å²) in [6.45, 7) is 7.80. The quantitative estimate of drug-likeness (QED) is 0.852. The largest absolute Gasteiger partial charge is 0.441 e. The van der Waals surface area contributed by atoms with Crippen molar-refractivity contribution in [2.24, 2.45) is 11.3 Å². The number of carbonyl (C=O) groups is 1. The maximum atomic E-state index is 12.4. The van der Waals surface area contributed by atoms with E-state index in [0.29, 0.717) is 24.0 Å². The van der Waals surface area contributed by atoms with Crippen molar-refractivity contribution >= 4 is 5.91 Å². The minimum atomic E-state index is -0.464. The van der Waals surface area contributed by atoms with Gasteiger partial charge >= 0.3 is 5.76 Å². The molecule has 134 valence electrons. The number of hydrogen-bond acceptors (Lipinski definition) is 5. The van der Waals surface area contributed by atoms with Gasteiger partial charge < -0.3 is 4.90 Å². The van der Waals surface area contributed by atoms with E-state index in [-0.39, 0.29) is 11.3 Å². The molecule has 0 atom stereocenters. The number of amides is 1. The van der Waals surface area contributed by atoms with Crippen molar-refractivity contribution in [2.75, 3.05) is 13.1 Å². The van der Waals surface area contributed by atoms with Gasteiger partial charge in [0, 0.05) is 31.2 Å². The molecule has 0 radical (unpaired) electrons. The molecule has 0 spiro atoms. The van der Waals surface area contributed by atoms with E-state index in [1.165, 1.54) is 0 Å². The summed E-state index contributed by atoms with van der Waals surface area (Å²) in [7, 11) is 0. The fourth-order valence-corrected chi connectivity index (χ4v) is 3.16. The molecule has 0 unspecified atom stereocenters. The Hall–Kier alpha value is -2.44. The first kappa shape index (κ1) is 17.4. The second-order valence-electron chi connectivity index (χ2n) is 7.58. The number of piperidine rings is 1. The number of pyridine rings is 1. The van der Waals surface area contributed by atoms with E-state index >= 15 is 0 Å². The highest BCUT2D eigenvalue weighted by Crippen LogP contribution is 2.25. The van der Waals surface area contributed by atoms with Crippen molar-refractivity contribution in [2.45, 2.75) is 40.2 Å². The molecule has 7 nitrogen and oxygen atoms in total. The number of nitrogens with zero attached hydrogens (tertiary/aromatic N) is 4. The zero-order valence-electron chi connectivity index (χ0n) is 14.9. The number of aromatic nitrogens is 3. The van der Waals surface area contributed by atoms with Crippen LogP contribution >= 0.6 is 0 Å². The van der Waals surface area contributed by atoms with Crippen LogP contribution in [0.2, 0.25) is 0 Å². The first-order valence-electron chi connectivity index (χ1n) is 8.63. The number of rotatable bonds is 3. The second kappa shape index (κ2) is 6.82. The summed E-state index contributed by atoms with van der Waals surface area (Å²) < 4.78 is 6.40. The third-order valence-electron chi connectivity index (χ3n) is 4.56. The summed E-state index contributed by atoms with van der Waals surface area (Å²) in [6.07, 6.45) is 3.39. The topological polar surface area (TPSA) is 81.2 Å². The molecule has 1 aliphatic rings. The maximum Gasteiger partial charge on any atom is 0.441 e. The van der Waals surface area contributed by atoms with Crippen LogP contribution in [0.1, 0.15) is 33.6 Å². The number of likely N-dealkylation sites (tertiary alicyclic amines) is 1. The van der Waals surface area contributed by atoms with Crippen LogP contribution in [-0.4, -0.2) is 38.6 Å². The summed E-state index contributed by atoms with van der Waals surface area (Å²) >= 11 is 0. The van der Waals surface area contributed by atoms with E-state index in [2.05, 4.69) is 10.1 Å². The molecule has 1 saturated heterocycles. The lowest BCUT2D eigenvalue weighted by Gasteiger charge is -2.35. The first-order valence-corrected chi connectivity index (χ1v) is 8.63. The average molecular weight is 344 g/mol. The van der Waals surface area contributed by atoms with E-state index in [0.717, 1.165) is 25.9 Å². The minimum absolute atomic E-state index is 0.183. The van der Waals surface area contributed by atoms with Gasteiger partial charge in [0.2, 0.25) is 11.7 Å². The van der Waals surface area contributed by atoms with Crippen molar-refractivity contribution in [1.82, 2.24) is 19.6 Å². The Morgan fingerprint density at radius 2 is 2.00 bits per heavy atom. The monoisotopic (exact) mass is 344 g/mol. The van der Waals surface area contributed by atoms with Gasteiger partial charge in [-0.3, -0.25) is 18.9 Å². The Morgan fingerprint density at radius 3 is 2.60 bits per heavy atom. The molecule has 2 aromatic rings. The van der Waals surface area contributed by atoms with Crippen LogP contribution in [0.15, 0.2) is 33.7 Å². The predicted octanol–water partition coefficient (Wildman–Crippen LogP) is 2.18. The molecule has 1 fully saturated rings. The van der Waals surface area contributed by atoms with Gasteiger partial charge in [0.1, 0.15) is 5.69 Å². The highest BCUT2D eigenvalue weighted by atomic mass is 16.5. The second-order valence-corrected chi connectivity index (χ2v) is 7.58. The highest BCUT2D eigenvalue weighted by Gasteiger charge is 2.31. The molecule has 3 heterocycles. The number of carbonyl (C=O) groups excluding carboxylic acids is 1. The Kier molecular flexibility index (Phi) is 4.74. The lowest BCUT2D eigenvalue weighted by Crippen LogP contribution is -2.44. The third-order valence-corrected chi connectivity index (χ3v) is 4.56. The lowest BCUT2D eigenvalue weighted by molar-refractivity contribution is -0.140. The summed E-state index contributed by atoms with van der Waals surface area (Å²) in [5.74, 6) is 0.485. The molecule has 0 aliphatic carbocycles. The Labute approximate surface area is 146 Å². The predicted molar refractivity (Wildman–Crippen MR) is 92.8 cm³/mol. The van der Waals surface area contributed by atoms with Crippen LogP contribution in [-0.2, 0) is 11.3 Å². The van der Waals surface area contributed by atoms with Gasteiger partial charge in [-0.05, 0) is 30.9 Å². The van der Waals surface area contributed by atoms with Crippen molar-refractivity contribution < 1.29 is 9.32 Å². The zero-order valence-corrected chi connectivity index (χ0v) is 14.9. The molecule has 0 aromatic carbocycles. The van der Waals surface area contributed by atoms with Crippen molar-refractivity contribution in [1.29, 1.82) is 0 Å². The van der Waals surface area contributed by atoms with Crippen molar-refractivity contribution in [3.8, 4) is 11.5 Å². The third kappa shape index (κ3) is 3.81. The maximum absolute atomic E-state index is 12.4. The Morgan fingerprint density at radius 1 is 1.28 bits per heavy atom. The van der Waals surface area contributed by atoms with Crippen LogP contribution < -0.4 is 5.76 Å². The summed E-state index contributed by atoms with van der Waals surface area (Å²) in [5.41, 5.74) is 0.262. The number of hydrogen-bond donors (Lipinski definition) is 0. The molecular formula is C18H24N4O3. The van der Waals surface area contributed by atoms with Gasteiger partial charge in [0.15, 0.2) is 0 Å². The van der Waals surface area contributed by atoms with Crippen LogP contribution in [0.5, 0.6) is 0 Å². The first-order chi connectivity index (χ1) is 11.9. The molecule has 1 amide bonds. The molecule has 0 saturated carbocycles. The Balaban J connectivity index is 1.69. The van der Waals surface area contributed by atoms with Crippen LogP contribution in [0.3, 0.4) is 0 Å². The standard InChI is InChI=1S/C18H24N4O3/c1-18(2,3)16(23)21-10-7-13(8-11-21)12-22-15(20-25-17(22)24)14-6-4-5-9-19-14/h4-6,9,13H,7-8,10-12H2,1-3H3. The van der Waals surface area contributed by atoms with Crippen LogP contribution in [0.25, 0.3) is 11.5 Å². The van der Waals surface area contributed by atoms with Gasteiger partial charge in [-0.1, -0.05) is 32.0 Å². The normalized spacial score (nSPS) is 16.2. The molecule has 0 N–H and O–H groups in total. The molecule has 0 bridgehead atoms. The van der Waals surface area contributed by atoms with Gasteiger partial charge in [-0.25, -0.2) is 4.79 Å². The average Bonchev–Trinajstić information content (AvgIpc) is 2.96.